The maximum absolute atomic E-state index is 10.7. The van der Waals surface area contributed by atoms with Crippen molar-refractivity contribution in [3.05, 3.63) is 29.8 Å². The van der Waals surface area contributed by atoms with Crippen molar-refractivity contribution >= 4 is 26.2 Å². The SMILES string of the molecule is C=O.C=O.C=O.COc1ccc(CCC(C)=O)cc1.[Cr]. The van der Waals surface area contributed by atoms with Crippen LogP contribution in [0.3, 0.4) is 0 Å². The van der Waals surface area contributed by atoms with E-state index in [4.69, 9.17) is 19.1 Å². The van der Waals surface area contributed by atoms with Gasteiger partial charge in [0.1, 0.15) is 31.9 Å². The number of Topliss-reactive ketones (excluding diaryl/α,β-unsaturated/α-hetero) is 1. The quantitative estimate of drug-likeness (QED) is 0.843. The predicted molar refractivity (Wildman–Crippen MR) is 73.4 cm³/mol. The molecule has 0 saturated heterocycles. The van der Waals surface area contributed by atoms with E-state index in [9.17, 15) is 4.79 Å². The molecule has 6 heteroatoms. The summed E-state index contributed by atoms with van der Waals surface area (Å²) in [5, 5.41) is 0. The van der Waals surface area contributed by atoms with Gasteiger partial charge < -0.3 is 23.9 Å². The summed E-state index contributed by atoms with van der Waals surface area (Å²) in [7, 11) is 1.64. The number of ketones is 1. The predicted octanol–water partition coefficient (Wildman–Crippen LogP) is 1.66. The summed E-state index contributed by atoms with van der Waals surface area (Å²) in [6.07, 6.45) is 1.44. The van der Waals surface area contributed by atoms with Gasteiger partial charge in [-0.05, 0) is 31.0 Å². The van der Waals surface area contributed by atoms with Crippen LogP contribution in [0.2, 0.25) is 0 Å². The van der Waals surface area contributed by atoms with E-state index >= 15 is 0 Å². The van der Waals surface area contributed by atoms with Gasteiger partial charge >= 0.3 is 0 Å². The van der Waals surface area contributed by atoms with Crippen molar-refractivity contribution in [1.29, 1.82) is 0 Å². The van der Waals surface area contributed by atoms with E-state index in [-0.39, 0.29) is 23.1 Å². The van der Waals surface area contributed by atoms with Crippen molar-refractivity contribution in [2.75, 3.05) is 7.11 Å². The van der Waals surface area contributed by atoms with Gasteiger partial charge in [-0.1, -0.05) is 12.1 Å². The van der Waals surface area contributed by atoms with Crippen LogP contribution in [0.25, 0.3) is 0 Å². The third-order valence-corrected chi connectivity index (χ3v) is 1.92. The van der Waals surface area contributed by atoms with Gasteiger partial charge in [0.25, 0.3) is 0 Å². The first-order valence-corrected chi connectivity index (χ1v) is 5.21. The molecular weight excluding hydrogens is 300 g/mol. The largest absolute Gasteiger partial charge is 0.497 e. The Morgan fingerprint density at radius 1 is 1.00 bits per heavy atom. The zero-order valence-corrected chi connectivity index (χ0v) is 13.1. The van der Waals surface area contributed by atoms with Crippen LogP contribution in [-0.2, 0) is 43.0 Å². The van der Waals surface area contributed by atoms with Crippen LogP contribution < -0.4 is 4.74 Å². The summed E-state index contributed by atoms with van der Waals surface area (Å²) in [4.78, 5) is 34.7. The Labute approximate surface area is 130 Å². The van der Waals surface area contributed by atoms with Gasteiger partial charge in [0.05, 0.1) is 7.11 Å². The summed E-state index contributed by atoms with van der Waals surface area (Å²) in [5.41, 5.74) is 1.18. The molecule has 20 heavy (non-hydrogen) atoms. The van der Waals surface area contributed by atoms with Crippen LogP contribution in [0.4, 0.5) is 0 Å². The number of ether oxygens (including phenoxy) is 1. The maximum Gasteiger partial charge on any atom is 0.130 e. The van der Waals surface area contributed by atoms with Gasteiger partial charge in [-0.3, -0.25) is 0 Å². The fraction of sp³-hybridized carbons (Fsp3) is 0.286. The van der Waals surface area contributed by atoms with E-state index in [0.29, 0.717) is 6.42 Å². The van der Waals surface area contributed by atoms with E-state index in [0.717, 1.165) is 12.2 Å². The summed E-state index contributed by atoms with van der Waals surface area (Å²) < 4.78 is 5.03. The molecule has 0 aliphatic heterocycles. The van der Waals surface area contributed by atoms with Crippen LogP contribution in [0.5, 0.6) is 5.75 Å². The molecule has 0 radical (unpaired) electrons. The molecule has 112 valence electrons. The summed E-state index contributed by atoms with van der Waals surface area (Å²) in [6.45, 7) is 7.61. The minimum Gasteiger partial charge on any atom is -0.497 e. The Hall–Kier alpha value is -1.77. The standard InChI is InChI=1S/C11H14O2.3CH2O.Cr/c1-9(12)3-4-10-5-7-11(13-2)8-6-10;3*1-2;/h5-8H,3-4H2,1-2H3;3*1H2;. The monoisotopic (exact) mass is 320 g/mol. The van der Waals surface area contributed by atoms with Crippen molar-refractivity contribution in [2.45, 2.75) is 19.8 Å². The number of carbonyl (C=O) groups is 4. The van der Waals surface area contributed by atoms with Crippen LogP contribution in [0, 0.1) is 0 Å². The number of benzene rings is 1. The minimum absolute atomic E-state index is 0. The van der Waals surface area contributed by atoms with Crippen molar-refractivity contribution in [3.63, 3.8) is 0 Å². The van der Waals surface area contributed by atoms with E-state index in [2.05, 4.69) is 0 Å². The van der Waals surface area contributed by atoms with Crippen LogP contribution in [0.1, 0.15) is 18.9 Å². The van der Waals surface area contributed by atoms with Crippen LogP contribution >= 0.6 is 0 Å². The molecule has 0 aliphatic carbocycles. The molecule has 0 amide bonds. The van der Waals surface area contributed by atoms with Gasteiger partial charge in [0.15, 0.2) is 0 Å². The molecule has 0 saturated carbocycles. The molecule has 0 unspecified atom stereocenters. The molecule has 0 aromatic heterocycles. The molecule has 0 aliphatic rings. The number of hydrogen-bond acceptors (Lipinski definition) is 5. The molecule has 0 atom stereocenters. The molecule has 0 bridgehead atoms. The van der Waals surface area contributed by atoms with E-state index in [1.165, 1.54) is 5.56 Å². The number of rotatable bonds is 4. The first-order valence-electron chi connectivity index (χ1n) is 5.21. The Morgan fingerprint density at radius 2 is 1.40 bits per heavy atom. The molecule has 1 rings (SSSR count). The molecule has 1 aromatic carbocycles. The van der Waals surface area contributed by atoms with Crippen LogP contribution in [-0.4, -0.2) is 33.3 Å². The molecule has 1 aromatic rings. The van der Waals surface area contributed by atoms with Crippen molar-refractivity contribution < 1.29 is 41.3 Å². The van der Waals surface area contributed by atoms with Gasteiger partial charge in [-0.2, -0.15) is 0 Å². The summed E-state index contributed by atoms with van der Waals surface area (Å²) in [6, 6.07) is 7.80. The number of carbonyl (C=O) groups excluding carboxylic acids is 4. The smallest absolute Gasteiger partial charge is 0.130 e. The van der Waals surface area contributed by atoms with E-state index in [1.54, 1.807) is 14.0 Å². The fourth-order valence-corrected chi connectivity index (χ4v) is 1.11. The third kappa shape index (κ3) is 16.2. The fourth-order valence-electron chi connectivity index (χ4n) is 1.11. The molecule has 0 spiro atoms. The average molecular weight is 320 g/mol. The second-order valence-electron chi connectivity index (χ2n) is 3.05. The summed E-state index contributed by atoms with van der Waals surface area (Å²) in [5.74, 6) is 1.09. The van der Waals surface area contributed by atoms with Crippen LogP contribution in [0.15, 0.2) is 24.3 Å². The van der Waals surface area contributed by atoms with Crippen molar-refractivity contribution in [1.82, 2.24) is 0 Å². The van der Waals surface area contributed by atoms with Gasteiger partial charge in [0, 0.05) is 23.8 Å². The Balaban J connectivity index is -0.000000162. The van der Waals surface area contributed by atoms with Gasteiger partial charge in [0.2, 0.25) is 0 Å². The Bertz CT molecular complexity index is 322. The Morgan fingerprint density at radius 3 is 1.70 bits per heavy atom. The molecule has 0 fully saturated rings. The minimum atomic E-state index is 0. The van der Waals surface area contributed by atoms with E-state index < -0.39 is 0 Å². The first-order chi connectivity index (χ1) is 9.22. The summed E-state index contributed by atoms with van der Waals surface area (Å²) >= 11 is 0. The van der Waals surface area contributed by atoms with E-state index in [1.807, 2.05) is 44.6 Å². The second-order valence-corrected chi connectivity index (χ2v) is 3.05. The zero-order chi connectivity index (χ0) is 15.7. The second kappa shape index (κ2) is 22.4. The zero-order valence-electron chi connectivity index (χ0n) is 11.8. The molecular formula is C14H20CrO5. The maximum atomic E-state index is 10.7. The molecule has 0 N–H and O–H groups in total. The normalized spacial score (nSPS) is 6.90. The average Bonchev–Trinajstić information content (AvgIpc) is 2.51. The van der Waals surface area contributed by atoms with Gasteiger partial charge in [-0.15, -0.1) is 0 Å². The topological polar surface area (TPSA) is 77.5 Å². The van der Waals surface area contributed by atoms with Crippen molar-refractivity contribution in [2.24, 2.45) is 0 Å². The number of hydrogen-bond donors (Lipinski definition) is 0. The van der Waals surface area contributed by atoms with Gasteiger partial charge in [-0.25, -0.2) is 0 Å². The molecule has 0 heterocycles. The third-order valence-electron chi connectivity index (χ3n) is 1.92. The number of methoxy groups -OCH3 is 1. The molecule has 5 nitrogen and oxygen atoms in total. The number of aryl methyl sites for hydroxylation is 1. The first kappa shape index (κ1) is 26.7. The Kier molecular flexibility index (Phi) is 30.0. The van der Waals surface area contributed by atoms with Crippen molar-refractivity contribution in [3.8, 4) is 5.75 Å².